The van der Waals surface area contributed by atoms with Crippen LogP contribution in [0.1, 0.15) is 6.92 Å². The molecule has 0 aliphatic rings. The largest absolute Gasteiger partial charge is 0.513 e. The first-order valence-corrected chi connectivity index (χ1v) is 6.01. The molecular weight excluding hydrogens is 251 g/mol. The van der Waals surface area contributed by atoms with Gasteiger partial charge in [0.25, 0.3) is 0 Å². The zero-order chi connectivity index (χ0) is 11.6. The van der Waals surface area contributed by atoms with E-state index in [0.717, 1.165) is 0 Å². The molecule has 14 heavy (non-hydrogen) atoms. The van der Waals surface area contributed by atoms with Crippen molar-refractivity contribution in [3.63, 3.8) is 0 Å². The normalized spacial score (nSPS) is 24.7. The molecule has 0 radical (unpaired) electrons. The highest BCUT2D eigenvalue weighted by Gasteiger charge is 2.33. The van der Waals surface area contributed by atoms with Crippen LogP contribution >= 0.6 is 15.8 Å². The molecule has 0 heterocycles. The van der Waals surface area contributed by atoms with Gasteiger partial charge in [-0.15, -0.1) is 8.39 Å². The van der Waals surface area contributed by atoms with Crippen LogP contribution in [-0.2, 0) is 18.2 Å². The van der Waals surface area contributed by atoms with E-state index in [1.54, 1.807) is 0 Å². The monoisotopic (exact) mass is 258 g/mol. The number of hydrogen-bond acceptors (Lipinski definition) is 4. The van der Waals surface area contributed by atoms with E-state index in [1.165, 1.54) is 0 Å². The van der Waals surface area contributed by atoms with Crippen molar-refractivity contribution in [3.8, 4) is 0 Å². The molecule has 11 heteroatoms. The van der Waals surface area contributed by atoms with Gasteiger partial charge in [-0.25, -0.2) is 18.0 Å². The smallest absolute Gasteiger partial charge is 0.299 e. The SMILES string of the molecule is CC(OP(=O)(O)F)C(F)OP(=O)(O)F. The van der Waals surface area contributed by atoms with Gasteiger partial charge in [-0.1, -0.05) is 0 Å². The van der Waals surface area contributed by atoms with Gasteiger partial charge >= 0.3 is 15.8 Å². The van der Waals surface area contributed by atoms with Gasteiger partial charge in [-0.3, -0.25) is 14.3 Å². The van der Waals surface area contributed by atoms with Crippen molar-refractivity contribution in [3.05, 3.63) is 0 Å². The third-order valence-corrected chi connectivity index (χ3v) is 1.95. The van der Waals surface area contributed by atoms with Crippen LogP contribution in [0.4, 0.5) is 12.8 Å². The molecule has 0 spiro atoms. The number of alkyl halides is 1. The number of hydrogen-bond donors (Lipinski definition) is 2. The second-order valence-electron chi connectivity index (χ2n) is 2.17. The summed E-state index contributed by atoms with van der Waals surface area (Å²) in [5, 5.41) is 0. The third kappa shape index (κ3) is 7.49. The van der Waals surface area contributed by atoms with Gasteiger partial charge in [0.2, 0.25) is 6.36 Å². The average molecular weight is 258 g/mol. The fourth-order valence-corrected chi connectivity index (χ4v) is 1.39. The third-order valence-electron chi connectivity index (χ3n) is 0.896. The summed E-state index contributed by atoms with van der Waals surface area (Å²) in [6.45, 7) is 0.711. The van der Waals surface area contributed by atoms with Gasteiger partial charge in [0.15, 0.2) is 0 Å². The van der Waals surface area contributed by atoms with E-state index >= 15 is 0 Å². The molecule has 0 aromatic heterocycles. The van der Waals surface area contributed by atoms with Gasteiger partial charge < -0.3 is 0 Å². The predicted octanol–water partition coefficient (Wildman–Crippen LogP) is 1.84. The molecule has 0 saturated carbocycles. The summed E-state index contributed by atoms with van der Waals surface area (Å²) >= 11 is 0. The Morgan fingerprint density at radius 1 is 1.14 bits per heavy atom. The van der Waals surface area contributed by atoms with Crippen molar-refractivity contribution in [2.45, 2.75) is 19.4 Å². The Balaban J connectivity index is 4.20. The van der Waals surface area contributed by atoms with Crippen LogP contribution in [0.5, 0.6) is 0 Å². The highest BCUT2D eigenvalue weighted by Crippen LogP contribution is 2.49. The van der Waals surface area contributed by atoms with Crippen LogP contribution in [0, 0.1) is 0 Å². The van der Waals surface area contributed by atoms with E-state index in [2.05, 4.69) is 9.05 Å². The van der Waals surface area contributed by atoms with E-state index < -0.39 is 28.3 Å². The molecule has 2 N–H and O–H groups in total. The summed E-state index contributed by atoms with van der Waals surface area (Å²) in [6, 6.07) is 0. The van der Waals surface area contributed by atoms with E-state index in [9.17, 15) is 21.9 Å². The van der Waals surface area contributed by atoms with Crippen molar-refractivity contribution in [1.29, 1.82) is 0 Å². The van der Waals surface area contributed by atoms with Gasteiger partial charge in [0, 0.05) is 0 Å². The lowest BCUT2D eigenvalue weighted by molar-refractivity contribution is -0.0436. The van der Waals surface area contributed by atoms with Gasteiger partial charge in [-0.05, 0) is 6.92 Å². The Morgan fingerprint density at radius 3 is 1.79 bits per heavy atom. The van der Waals surface area contributed by atoms with Crippen molar-refractivity contribution in [1.82, 2.24) is 0 Å². The molecule has 0 aromatic rings. The summed E-state index contributed by atoms with van der Waals surface area (Å²) in [6.07, 6.45) is -4.85. The van der Waals surface area contributed by atoms with Crippen LogP contribution in [0.15, 0.2) is 0 Å². The molecular formula is C3H7F3O6P2. The molecule has 0 amide bonds. The van der Waals surface area contributed by atoms with Crippen LogP contribution in [0.25, 0.3) is 0 Å². The quantitative estimate of drug-likeness (QED) is 0.731. The Labute approximate surface area is 77.0 Å². The van der Waals surface area contributed by atoms with Crippen molar-refractivity contribution < 1.29 is 40.7 Å². The Bertz CT molecular complexity index is 243. The molecule has 0 bridgehead atoms. The standard InChI is InChI=1S/C3H7F3O6P2/c1-2(11-13(5,7)8)3(4)12-14(6,9)10/h2-3H,1H3,(H,7,8)(H,9,10). The minimum Gasteiger partial charge on any atom is -0.299 e. The molecule has 0 rings (SSSR count). The van der Waals surface area contributed by atoms with Crippen LogP contribution in [0.2, 0.25) is 0 Å². The van der Waals surface area contributed by atoms with Crippen molar-refractivity contribution >= 4 is 15.8 Å². The molecule has 0 saturated heterocycles. The molecule has 0 aliphatic heterocycles. The lowest BCUT2D eigenvalue weighted by Gasteiger charge is -2.16. The molecule has 86 valence electrons. The van der Waals surface area contributed by atoms with E-state index in [-0.39, 0.29) is 0 Å². The maximum absolute atomic E-state index is 12.5. The number of halogens is 3. The maximum Gasteiger partial charge on any atom is 0.513 e. The van der Waals surface area contributed by atoms with Gasteiger partial charge in [0.05, 0.1) is 0 Å². The molecule has 4 unspecified atom stereocenters. The highest BCUT2D eigenvalue weighted by molar-refractivity contribution is 7.47. The van der Waals surface area contributed by atoms with Crippen LogP contribution in [-0.4, -0.2) is 22.2 Å². The Morgan fingerprint density at radius 2 is 1.50 bits per heavy atom. The van der Waals surface area contributed by atoms with E-state index in [0.29, 0.717) is 6.92 Å². The number of rotatable bonds is 5. The first kappa shape index (κ1) is 14.1. The summed E-state index contributed by atoms with van der Waals surface area (Å²) < 4.78 is 62.6. The zero-order valence-electron chi connectivity index (χ0n) is 6.71. The second kappa shape index (κ2) is 4.74. The average Bonchev–Trinajstić information content (AvgIpc) is 1.78. The Hall–Kier alpha value is 0.0900. The van der Waals surface area contributed by atoms with Gasteiger partial charge in [0.1, 0.15) is 6.10 Å². The minimum atomic E-state index is -5.59. The molecule has 6 nitrogen and oxygen atoms in total. The molecule has 0 fully saturated rings. The summed E-state index contributed by atoms with van der Waals surface area (Å²) in [5.41, 5.74) is 0. The molecule has 0 aromatic carbocycles. The summed E-state index contributed by atoms with van der Waals surface area (Å²) in [5.74, 6) is 0. The van der Waals surface area contributed by atoms with Crippen LogP contribution in [0.3, 0.4) is 0 Å². The fraction of sp³-hybridized carbons (Fsp3) is 1.00. The lowest BCUT2D eigenvalue weighted by Crippen LogP contribution is -2.22. The highest BCUT2D eigenvalue weighted by atomic mass is 31.2. The fourth-order valence-electron chi connectivity index (χ4n) is 0.463. The summed E-state index contributed by atoms with van der Waals surface area (Å²) in [7, 11) is -11.0. The molecule has 4 atom stereocenters. The van der Waals surface area contributed by atoms with Crippen molar-refractivity contribution in [2.24, 2.45) is 0 Å². The first-order chi connectivity index (χ1) is 6.01. The van der Waals surface area contributed by atoms with Crippen LogP contribution < -0.4 is 0 Å². The summed E-state index contributed by atoms with van der Waals surface area (Å²) in [4.78, 5) is 15.8. The first-order valence-electron chi connectivity index (χ1n) is 3.07. The zero-order valence-corrected chi connectivity index (χ0v) is 8.50. The van der Waals surface area contributed by atoms with E-state index in [1.807, 2.05) is 0 Å². The van der Waals surface area contributed by atoms with Gasteiger partial charge in [-0.2, -0.15) is 0 Å². The minimum absolute atomic E-state index is 0.711. The predicted molar refractivity (Wildman–Crippen MR) is 38.4 cm³/mol. The van der Waals surface area contributed by atoms with E-state index in [4.69, 9.17) is 9.79 Å². The maximum atomic E-state index is 12.5. The topological polar surface area (TPSA) is 93.1 Å². The second-order valence-corrected chi connectivity index (χ2v) is 4.40. The Kier molecular flexibility index (Phi) is 4.77. The lowest BCUT2D eigenvalue weighted by atomic mass is 10.4. The van der Waals surface area contributed by atoms with Crippen molar-refractivity contribution in [2.75, 3.05) is 0 Å². The molecule has 0 aliphatic carbocycles.